The Morgan fingerprint density at radius 1 is 1.39 bits per heavy atom. The Morgan fingerprint density at radius 2 is 2.00 bits per heavy atom. The number of amides is 1. The number of hydrogen-bond acceptors (Lipinski definition) is 3. The van der Waals surface area contributed by atoms with E-state index in [-0.39, 0.29) is 19.0 Å². The third kappa shape index (κ3) is 2.16. The molecule has 0 spiro atoms. The molecule has 0 aromatic heterocycles. The molecule has 1 aliphatic heterocycles. The topological polar surface area (TPSA) is 69.6 Å². The van der Waals surface area contributed by atoms with E-state index in [1.54, 1.807) is 4.90 Å². The molecule has 18 heavy (non-hydrogen) atoms. The maximum atomic E-state index is 11.5. The van der Waals surface area contributed by atoms with Gasteiger partial charge in [-0.3, -0.25) is 4.79 Å². The number of aryl methyl sites for hydroxylation is 2. The van der Waals surface area contributed by atoms with E-state index in [2.05, 4.69) is 5.32 Å². The van der Waals surface area contributed by atoms with E-state index in [0.29, 0.717) is 0 Å². The van der Waals surface area contributed by atoms with Crippen LogP contribution in [0.2, 0.25) is 0 Å². The van der Waals surface area contributed by atoms with Crippen LogP contribution < -0.4 is 10.2 Å². The standard InChI is InChI=1S/C13H16N2O3/c1-8-4-3-5-9(2)12(8)15-7-11(16)14-6-10(15)13(17)18/h3-5,10H,6-7H2,1-2H3,(H,14,16)(H,17,18). The second-order valence-corrected chi connectivity index (χ2v) is 4.53. The molecule has 0 aliphatic carbocycles. The van der Waals surface area contributed by atoms with Gasteiger partial charge in [0.2, 0.25) is 5.91 Å². The van der Waals surface area contributed by atoms with Crippen molar-refractivity contribution in [3.8, 4) is 0 Å². The minimum Gasteiger partial charge on any atom is -0.480 e. The lowest BCUT2D eigenvalue weighted by atomic mass is 10.0. The summed E-state index contributed by atoms with van der Waals surface area (Å²) in [6.45, 7) is 4.08. The van der Waals surface area contributed by atoms with E-state index in [0.717, 1.165) is 16.8 Å². The average molecular weight is 248 g/mol. The summed E-state index contributed by atoms with van der Waals surface area (Å²) < 4.78 is 0. The molecular weight excluding hydrogens is 232 g/mol. The Balaban J connectivity index is 2.44. The lowest BCUT2D eigenvalue weighted by Crippen LogP contribution is -2.58. The van der Waals surface area contributed by atoms with Gasteiger partial charge in [0.1, 0.15) is 6.04 Å². The van der Waals surface area contributed by atoms with E-state index in [1.807, 2.05) is 32.0 Å². The molecule has 1 aromatic carbocycles. The largest absolute Gasteiger partial charge is 0.480 e. The lowest BCUT2D eigenvalue weighted by molar-refractivity contribution is -0.139. The van der Waals surface area contributed by atoms with Crippen LogP contribution in [0.1, 0.15) is 11.1 Å². The van der Waals surface area contributed by atoms with Gasteiger partial charge in [0.25, 0.3) is 0 Å². The summed E-state index contributed by atoms with van der Waals surface area (Å²) in [5.41, 5.74) is 2.81. The molecule has 5 nitrogen and oxygen atoms in total. The van der Waals surface area contributed by atoms with Crippen LogP contribution in [0.25, 0.3) is 0 Å². The molecule has 1 heterocycles. The second kappa shape index (κ2) is 4.68. The Morgan fingerprint density at radius 3 is 2.56 bits per heavy atom. The minimum atomic E-state index is -0.919. The number of carboxylic acids is 1. The maximum Gasteiger partial charge on any atom is 0.328 e. The molecule has 96 valence electrons. The molecule has 1 amide bonds. The molecular formula is C13H16N2O3. The zero-order valence-corrected chi connectivity index (χ0v) is 10.4. The van der Waals surface area contributed by atoms with Crippen molar-refractivity contribution < 1.29 is 14.7 Å². The van der Waals surface area contributed by atoms with Gasteiger partial charge >= 0.3 is 5.97 Å². The van der Waals surface area contributed by atoms with Crippen molar-refractivity contribution in [2.75, 3.05) is 18.0 Å². The highest BCUT2D eigenvalue weighted by Crippen LogP contribution is 2.27. The van der Waals surface area contributed by atoms with Gasteiger partial charge in [-0.1, -0.05) is 18.2 Å². The number of nitrogens with one attached hydrogen (secondary N) is 1. The molecule has 1 atom stereocenters. The first kappa shape index (κ1) is 12.4. The Bertz CT molecular complexity index is 479. The first-order valence-corrected chi connectivity index (χ1v) is 5.83. The van der Waals surface area contributed by atoms with Gasteiger partial charge in [0.05, 0.1) is 6.54 Å². The molecule has 1 saturated heterocycles. The van der Waals surface area contributed by atoms with Crippen LogP contribution in [-0.2, 0) is 9.59 Å². The Hall–Kier alpha value is -2.04. The molecule has 1 aromatic rings. The van der Waals surface area contributed by atoms with Crippen molar-refractivity contribution in [1.29, 1.82) is 0 Å². The molecule has 5 heteroatoms. The summed E-state index contributed by atoms with van der Waals surface area (Å²) >= 11 is 0. The van der Waals surface area contributed by atoms with E-state index in [1.165, 1.54) is 0 Å². The zero-order valence-electron chi connectivity index (χ0n) is 10.4. The highest BCUT2D eigenvalue weighted by atomic mass is 16.4. The fourth-order valence-electron chi connectivity index (χ4n) is 2.36. The highest BCUT2D eigenvalue weighted by Gasteiger charge is 2.33. The number of piperazine rings is 1. The van der Waals surface area contributed by atoms with Crippen LogP contribution in [0.15, 0.2) is 18.2 Å². The Labute approximate surface area is 105 Å². The maximum absolute atomic E-state index is 11.5. The van der Waals surface area contributed by atoms with Gasteiger partial charge < -0.3 is 15.3 Å². The number of aliphatic carboxylic acids is 1. The SMILES string of the molecule is Cc1cccc(C)c1N1CC(=O)NCC1C(=O)O. The van der Waals surface area contributed by atoms with Crippen molar-refractivity contribution in [3.05, 3.63) is 29.3 Å². The monoisotopic (exact) mass is 248 g/mol. The first-order valence-electron chi connectivity index (χ1n) is 5.83. The predicted molar refractivity (Wildman–Crippen MR) is 67.7 cm³/mol. The third-order valence-corrected chi connectivity index (χ3v) is 3.19. The van der Waals surface area contributed by atoms with Crippen LogP contribution in [-0.4, -0.2) is 36.1 Å². The summed E-state index contributed by atoms with van der Waals surface area (Å²) in [6, 6.07) is 5.07. The number of benzene rings is 1. The number of nitrogens with zero attached hydrogens (tertiary/aromatic N) is 1. The Kier molecular flexibility index (Phi) is 3.23. The molecule has 2 N–H and O–H groups in total. The normalized spacial score (nSPS) is 19.6. The van der Waals surface area contributed by atoms with E-state index >= 15 is 0 Å². The third-order valence-electron chi connectivity index (χ3n) is 3.19. The van der Waals surface area contributed by atoms with Crippen LogP contribution in [0.5, 0.6) is 0 Å². The van der Waals surface area contributed by atoms with Crippen molar-refractivity contribution >= 4 is 17.6 Å². The fraction of sp³-hybridized carbons (Fsp3) is 0.385. The van der Waals surface area contributed by atoms with Crippen molar-refractivity contribution in [2.24, 2.45) is 0 Å². The highest BCUT2D eigenvalue weighted by molar-refractivity contribution is 5.89. The number of carboxylic acid groups (broad SMARTS) is 1. The van der Waals surface area contributed by atoms with Gasteiger partial charge in [-0.05, 0) is 25.0 Å². The van der Waals surface area contributed by atoms with Crippen LogP contribution in [0.3, 0.4) is 0 Å². The van der Waals surface area contributed by atoms with Gasteiger partial charge in [0.15, 0.2) is 0 Å². The summed E-state index contributed by atoms with van der Waals surface area (Å²) in [5, 5.41) is 11.8. The predicted octanol–water partition coefficient (Wildman–Crippen LogP) is 0.693. The molecule has 0 bridgehead atoms. The van der Waals surface area contributed by atoms with E-state index in [9.17, 15) is 14.7 Å². The van der Waals surface area contributed by atoms with Gasteiger partial charge in [-0.15, -0.1) is 0 Å². The molecule has 0 saturated carbocycles. The number of carbonyl (C=O) groups excluding carboxylic acids is 1. The number of para-hydroxylation sites is 1. The average Bonchev–Trinajstić information content (AvgIpc) is 2.28. The number of hydrogen-bond donors (Lipinski definition) is 2. The molecule has 1 unspecified atom stereocenters. The molecule has 1 fully saturated rings. The quantitative estimate of drug-likeness (QED) is 0.808. The van der Waals surface area contributed by atoms with Crippen LogP contribution >= 0.6 is 0 Å². The van der Waals surface area contributed by atoms with Crippen molar-refractivity contribution in [1.82, 2.24) is 5.32 Å². The van der Waals surface area contributed by atoms with Crippen LogP contribution in [0, 0.1) is 13.8 Å². The summed E-state index contributed by atoms with van der Waals surface area (Å²) in [4.78, 5) is 24.4. The van der Waals surface area contributed by atoms with Gasteiger partial charge in [-0.2, -0.15) is 0 Å². The molecule has 1 aliphatic rings. The van der Waals surface area contributed by atoms with Crippen molar-refractivity contribution in [2.45, 2.75) is 19.9 Å². The summed E-state index contributed by atoms with van der Waals surface area (Å²) in [6.07, 6.45) is 0. The lowest BCUT2D eigenvalue weighted by Gasteiger charge is -2.36. The van der Waals surface area contributed by atoms with Crippen LogP contribution in [0.4, 0.5) is 5.69 Å². The molecule has 0 radical (unpaired) electrons. The number of carbonyl (C=O) groups is 2. The smallest absolute Gasteiger partial charge is 0.328 e. The fourth-order valence-corrected chi connectivity index (χ4v) is 2.36. The van der Waals surface area contributed by atoms with E-state index < -0.39 is 12.0 Å². The first-order chi connectivity index (χ1) is 8.50. The van der Waals surface area contributed by atoms with E-state index in [4.69, 9.17) is 0 Å². The van der Waals surface area contributed by atoms with Crippen molar-refractivity contribution in [3.63, 3.8) is 0 Å². The zero-order chi connectivity index (χ0) is 13.3. The molecule has 2 rings (SSSR count). The van der Waals surface area contributed by atoms with Gasteiger partial charge in [-0.25, -0.2) is 4.79 Å². The number of rotatable bonds is 2. The number of anilines is 1. The van der Waals surface area contributed by atoms with Gasteiger partial charge in [0, 0.05) is 12.2 Å². The summed E-state index contributed by atoms with van der Waals surface area (Å²) in [7, 11) is 0. The second-order valence-electron chi connectivity index (χ2n) is 4.53. The summed E-state index contributed by atoms with van der Waals surface area (Å²) in [5.74, 6) is -1.06. The minimum absolute atomic E-state index is 0.0860.